The molecule has 0 bridgehead atoms. The summed E-state index contributed by atoms with van der Waals surface area (Å²) in [6.45, 7) is 0. The van der Waals surface area contributed by atoms with E-state index < -0.39 is 5.91 Å². The lowest BCUT2D eigenvalue weighted by Gasteiger charge is -2.14. The van der Waals surface area contributed by atoms with E-state index in [4.69, 9.17) is 9.47 Å². The quantitative estimate of drug-likeness (QED) is 0.552. The van der Waals surface area contributed by atoms with Crippen LogP contribution in [0.2, 0.25) is 0 Å². The van der Waals surface area contributed by atoms with Crippen molar-refractivity contribution in [3.8, 4) is 17.2 Å². The van der Waals surface area contributed by atoms with E-state index in [-0.39, 0.29) is 11.3 Å². The molecule has 1 heterocycles. The number of carbonyl (C=O) groups excluding carboxylic acids is 1. The van der Waals surface area contributed by atoms with Gasteiger partial charge in [-0.2, -0.15) is 9.78 Å². The predicted molar refractivity (Wildman–Crippen MR) is 115 cm³/mol. The van der Waals surface area contributed by atoms with Gasteiger partial charge in [0, 0.05) is 11.5 Å². The van der Waals surface area contributed by atoms with Gasteiger partial charge in [-0.3, -0.25) is 9.59 Å². The highest BCUT2D eigenvalue weighted by Crippen LogP contribution is 2.29. The van der Waals surface area contributed by atoms with Gasteiger partial charge in [-0.05, 0) is 30.3 Å². The molecule has 0 aliphatic rings. The molecule has 1 aromatic heterocycles. The number of nitrogens with one attached hydrogen (secondary N) is 1. The van der Waals surface area contributed by atoms with Crippen LogP contribution >= 0.6 is 0 Å². The number of hydrogen-bond donors (Lipinski definition) is 1. The molecule has 30 heavy (non-hydrogen) atoms. The summed E-state index contributed by atoms with van der Waals surface area (Å²) >= 11 is 0. The average molecular weight is 401 g/mol. The third-order valence-electron chi connectivity index (χ3n) is 4.68. The van der Waals surface area contributed by atoms with Crippen molar-refractivity contribution in [1.82, 2.24) is 9.78 Å². The van der Waals surface area contributed by atoms with Crippen LogP contribution in [0.1, 0.15) is 10.5 Å². The molecule has 7 nitrogen and oxygen atoms in total. The maximum absolute atomic E-state index is 13.2. The Hall–Kier alpha value is -4.13. The van der Waals surface area contributed by atoms with Crippen LogP contribution in [0.25, 0.3) is 16.5 Å². The lowest BCUT2D eigenvalue weighted by atomic mass is 10.1. The van der Waals surface area contributed by atoms with Crippen molar-refractivity contribution in [2.45, 2.75) is 0 Å². The number of anilines is 1. The van der Waals surface area contributed by atoms with Crippen molar-refractivity contribution in [3.05, 3.63) is 88.8 Å². The van der Waals surface area contributed by atoms with E-state index in [9.17, 15) is 9.59 Å². The molecule has 150 valence electrons. The third kappa shape index (κ3) is 3.48. The molecular weight excluding hydrogens is 382 g/mol. The van der Waals surface area contributed by atoms with Crippen molar-refractivity contribution in [2.75, 3.05) is 19.5 Å². The highest BCUT2D eigenvalue weighted by Gasteiger charge is 2.19. The normalized spacial score (nSPS) is 10.6. The molecule has 0 fully saturated rings. The first-order valence-electron chi connectivity index (χ1n) is 9.23. The molecule has 4 rings (SSSR count). The number of aromatic nitrogens is 2. The number of nitrogens with zero attached hydrogens (tertiary/aromatic N) is 2. The SMILES string of the molecule is COc1ccc(OC)c(NC(=O)c2nn(-c3ccccc3)c(=O)c3ccccc23)c1. The van der Waals surface area contributed by atoms with E-state index in [1.54, 1.807) is 66.7 Å². The largest absolute Gasteiger partial charge is 0.497 e. The Kier molecular flexibility index (Phi) is 5.17. The van der Waals surface area contributed by atoms with Crippen molar-refractivity contribution in [3.63, 3.8) is 0 Å². The number of carbonyl (C=O) groups is 1. The Balaban J connectivity index is 1.86. The molecule has 0 radical (unpaired) electrons. The molecule has 0 unspecified atom stereocenters. The molecule has 3 aromatic carbocycles. The van der Waals surface area contributed by atoms with Crippen LogP contribution in [0.3, 0.4) is 0 Å². The Labute approximate surface area is 172 Å². The minimum absolute atomic E-state index is 0.124. The summed E-state index contributed by atoms with van der Waals surface area (Å²) in [6, 6.07) is 21.0. The lowest BCUT2D eigenvalue weighted by Crippen LogP contribution is -2.26. The molecular formula is C23H19N3O4. The fourth-order valence-corrected chi connectivity index (χ4v) is 3.19. The van der Waals surface area contributed by atoms with Crippen LogP contribution in [0.4, 0.5) is 5.69 Å². The zero-order valence-electron chi connectivity index (χ0n) is 16.5. The van der Waals surface area contributed by atoms with E-state index >= 15 is 0 Å². The summed E-state index contributed by atoms with van der Waals surface area (Å²) in [6.07, 6.45) is 0. The van der Waals surface area contributed by atoms with Gasteiger partial charge in [-0.25, -0.2) is 0 Å². The highest BCUT2D eigenvalue weighted by molar-refractivity contribution is 6.11. The molecule has 0 saturated heterocycles. The summed E-state index contributed by atoms with van der Waals surface area (Å²) in [7, 11) is 3.05. The minimum Gasteiger partial charge on any atom is -0.497 e. The van der Waals surface area contributed by atoms with E-state index in [0.717, 1.165) is 0 Å². The summed E-state index contributed by atoms with van der Waals surface area (Å²) in [5.41, 5.74) is 0.831. The molecule has 0 spiro atoms. The van der Waals surface area contributed by atoms with Crippen LogP contribution < -0.4 is 20.3 Å². The molecule has 1 amide bonds. The van der Waals surface area contributed by atoms with Crippen molar-refractivity contribution >= 4 is 22.4 Å². The van der Waals surface area contributed by atoms with Gasteiger partial charge in [0.1, 0.15) is 11.5 Å². The monoisotopic (exact) mass is 401 g/mol. The summed E-state index contributed by atoms with van der Waals surface area (Å²) in [4.78, 5) is 26.2. The van der Waals surface area contributed by atoms with Crippen LogP contribution in [0.15, 0.2) is 77.6 Å². The summed E-state index contributed by atoms with van der Waals surface area (Å²) < 4.78 is 11.8. The smallest absolute Gasteiger partial charge is 0.279 e. The van der Waals surface area contributed by atoms with Crippen molar-refractivity contribution < 1.29 is 14.3 Å². The Morgan fingerprint density at radius 1 is 0.900 bits per heavy atom. The number of hydrogen-bond acceptors (Lipinski definition) is 5. The second kappa shape index (κ2) is 8.08. The van der Waals surface area contributed by atoms with E-state index in [1.807, 2.05) is 6.07 Å². The van der Waals surface area contributed by atoms with Gasteiger partial charge in [0.05, 0.1) is 31.0 Å². The Bertz CT molecular complexity index is 1280. The van der Waals surface area contributed by atoms with Crippen LogP contribution in [0, 0.1) is 0 Å². The second-order valence-corrected chi connectivity index (χ2v) is 6.47. The number of para-hydroxylation sites is 1. The number of methoxy groups -OCH3 is 2. The fraction of sp³-hybridized carbons (Fsp3) is 0.0870. The van der Waals surface area contributed by atoms with E-state index in [1.165, 1.54) is 18.9 Å². The van der Waals surface area contributed by atoms with Gasteiger partial charge in [-0.15, -0.1) is 0 Å². The lowest BCUT2D eigenvalue weighted by molar-refractivity contribution is 0.102. The summed E-state index contributed by atoms with van der Waals surface area (Å²) in [5, 5.41) is 8.07. The van der Waals surface area contributed by atoms with Gasteiger partial charge in [0.25, 0.3) is 11.5 Å². The number of ether oxygens (including phenoxy) is 2. The Morgan fingerprint density at radius 3 is 2.30 bits per heavy atom. The molecule has 0 aliphatic heterocycles. The number of fused-ring (bicyclic) bond motifs is 1. The van der Waals surface area contributed by atoms with Crippen LogP contribution in [0.5, 0.6) is 11.5 Å². The topological polar surface area (TPSA) is 82.4 Å². The molecule has 1 N–H and O–H groups in total. The molecule has 0 atom stereocenters. The fourth-order valence-electron chi connectivity index (χ4n) is 3.19. The average Bonchev–Trinajstić information content (AvgIpc) is 2.80. The van der Waals surface area contributed by atoms with Crippen molar-refractivity contribution in [1.29, 1.82) is 0 Å². The van der Waals surface area contributed by atoms with Crippen LogP contribution in [-0.2, 0) is 0 Å². The second-order valence-electron chi connectivity index (χ2n) is 6.47. The number of benzene rings is 3. The van der Waals surface area contributed by atoms with Gasteiger partial charge < -0.3 is 14.8 Å². The van der Waals surface area contributed by atoms with Gasteiger partial charge in [-0.1, -0.05) is 36.4 Å². The standard InChI is InChI=1S/C23H19N3O4/c1-29-16-12-13-20(30-2)19(14-16)24-22(27)21-17-10-6-7-11-18(17)23(28)26(25-21)15-8-4-3-5-9-15/h3-14H,1-2H3,(H,24,27). The van der Waals surface area contributed by atoms with Crippen molar-refractivity contribution in [2.24, 2.45) is 0 Å². The first-order chi connectivity index (χ1) is 14.6. The molecule has 7 heteroatoms. The third-order valence-corrected chi connectivity index (χ3v) is 4.68. The number of amides is 1. The molecule has 0 saturated carbocycles. The maximum atomic E-state index is 13.2. The minimum atomic E-state index is -0.470. The maximum Gasteiger partial charge on any atom is 0.279 e. The first-order valence-corrected chi connectivity index (χ1v) is 9.23. The highest BCUT2D eigenvalue weighted by atomic mass is 16.5. The first kappa shape index (κ1) is 19.2. The molecule has 4 aromatic rings. The van der Waals surface area contributed by atoms with Gasteiger partial charge in [0.2, 0.25) is 0 Å². The zero-order chi connectivity index (χ0) is 21.1. The molecule has 0 aliphatic carbocycles. The number of rotatable bonds is 5. The summed E-state index contributed by atoms with van der Waals surface area (Å²) in [5.74, 6) is 0.574. The van der Waals surface area contributed by atoms with Crippen LogP contribution in [-0.4, -0.2) is 29.9 Å². The van der Waals surface area contributed by atoms with Gasteiger partial charge in [0.15, 0.2) is 5.69 Å². The Morgan fingerprint density at radius 2 is 1.60 bits per heavy atom. The predicted octanol–water partition coefficient (Wildman–Crippen LogP) is 3.66. The zero-order valence-corrected chi connectivity index (χ0v) is 16.5. The van der Waals surface area contributed by atoms with E-state index in [2.05, 4.69) is 10.4 Å². The van der Waals surface area contributed by atoms with Gasteiger partial charge >= 0.3 is 0 Å². The van der Waals surface area contributed by atoms with E-state index in [0.29, 0.717) is 33.6 Å².